The summed E-state index contributed by atoms with van der Waals surface area (Å²) in [4.78, 5) is 0. The molecular weight excluding hydrogens is 360 g/mol. The number of fused-ring (bicyclic) bond motifs is 2. The normalized spacial score (nSPS) is 15.9. The Labute approximate surface area is 167 Å². The Bertz CT molecular complexity index is 549. The second-order valence-corrected chi connectivity index (χ2v) is 5.51. The van der Waals surface area contributed by atoms with Crippen LogP contribution in [0.15, 0.2) is 48.5 Å². The maximum absolute atomic E-state index is 5.74. The second kappa shape index (κ2) is 13.7. The summed E-state index contributed by atoms with van der Waals surface area (Å²) in [5.41, 5.74) is 0. The van der Waals surface area contributed by atoms with Gasteiger partial charge in [-0.05, 0) is 24.3 Å². The first-order chi connectivity index (χ1) is 13.9. The molecule has 3 rings (SSSR count). The Balaban J connectivity index is 0.00000136. The minimum atomic E-state index is 0.441. The summed E-state index contributed by atoms with van der Waals surface area (Å²) in [6.07, 6.45) is 0. The second-order valence-electron chi connectivity index (χ2n) is 5.51. The molecule has 28 heavy (non-hydrogen) atoms. The van der Waals surface area contributed by atoms with Crippen LogP contribution < -0.4 is 18.9 Å². The molecule has 2 aromatic rings. The monoisotopic (exact) mass is 390 g/mol. The molecule has 1 aliphatic heterocycles. The fourth-order valence-corrected chi connectivity index (χ4v) is 2.42. The molecule has 0 atom stereocenters. The highest BCUT2D eigenvalue weighted by Crippen LogP contribution is 2.27. The lowest BCUT2D eigenvalue weighted by atomic mass is 10.3. The summed E-state index contributed by atoms with van der Waals surface area (Å²) in [6.45, 7) is 7.65. The van der Waals surface area contributed by atoms with Gasteiger partial charge in [-0.15, -0.1) is 0 Å². The van der Waals surface area contributed by atoms with Gasteiger partial charge in [-0.2, -0.15) is 0 Å². The minimum absolute atomic E-state index is 0.441. The molecule has 0 aliphatic carbocycles. The smallest absolute Gasteiger partial charge is 0.161 e. The maximum Gasteiger partial charge on any atom is 0.161 e. The molecule has 0 fully saturated rings. The molecule has 0 N–H and O–H groups in total. The van der Waals surface area contributed by atoms with Crippen LogP contribution in [0, 0.1) is 0 Å². The third-order valence-corrected chi connectivity index (χ3v) is 3.64. The fraction of sp³-hybridized carbons (Fsp3) is 0.455. The molecule has 154 valence electrons. The fourth-order valence-electron chi connectivity index (χ4n) is 2.42. The predicted molar refractivity (Wildman–Crippen MR) is 108 cm³/mol. The molecule has 0 amide bonds. The molecular formula is C22H30O6. The first kappa shape index (κ1) is 21.9. The van der Waals surface area contributed by atoms with Crippen LogP contribution in [0.2, 0.25) is 0 Å². The van der Waals surface area contributed by atoms with E-state index in [0.717, 1.165) is 0 Å². The van der Waals surface area contributed by atoms with Crippen molar-refractivity contribution >= 4 is 0 Å². The molecule has 0 saturated carbocycles. The Morgan fingerprint density at radius 3 is 0.929 bits per heavy atom. The summed E-state index contributed by atoms with van der Waals surface area (Å²) in [6, 6.07) is 15.2. The molecule has 1 aliphatic rings. The van der Waals surface area contributed by atoms with Crippen molar-refractivity contribution < 1.29 is 28.4 Å². The van der Waals surface area contributed by atoms with Gasteiger partial charge in [0.1, 0.15) is 26.4 Å². The Kier molecular flexibility index (Phi) is 10.7. The molecule has 0 radical (unpaired) electrons. The molecule has 1 heterocycles. The van der Waals surface area contributed by atoms with E-state index in [2.05, 4.69) is 0 Å². The Morgan fingerprint density at radius 1 is 0.429 bits per heavy atom. The Morgan fingerprint density at radius 2 is 0.679 bits per heavy atom. The van der Waals surface area contributed by atoms with Crippen molar-refractivity contribution in [1.82, 2.24) is 0 Å². The number of benzene rings is 2. The van der Waals surface area contributed by atoms with Crippen molar-refractivity contribution in [3.8, 4) is 23.0 Å². The van der Waals surface area contributed by atoms with Gasteiger partial charge in [0.25, 0.3) is 0 Å². The Hall–Kier alpha value is -2.44. The van der Waals surface area contributed by atoms with E-state index in [1.54, 1.807) is 0 Å². The van der Waals surface area contributed by atoms with Gasteiger partial charge in [0.15, 0.2) is 23.0 Å². The number of hydrogen-bond donors (Lipinski definition) is 0. The largest absolute Gasteiger partial charge is 0.487 e. The van der Waals surface area contributed by atoms with Crippen LogP contribution in [0.5, 0.6) is 23.0 Å². The zero-order valence-corrected chi connectivity index (χ0v) is 16.7. The van der Waals surface area contributed by atoms with E-state index in [0.29, 0.717) is 75.9 Å². The van der Waals surface area contributed by atoms with E-state index in [4.69, 9.17) is 28.4 Å². The molecule has 6 heteroatoms. The van der Waals surface area contributed by atoms with Crippen LogP contribution in [0.25, 0.3) is 0 Å². The molecule has 2 aromatic carbocycles. The van der Waals surface area contributed by atoms with Gasteiger partial charge >= 0.3 is 0 Å². The molecule has 0 saturated heterocycles. The van der Waals surface area contributed by atoms with E-state index >= 15 is 0 Å². The first-order valence-electron chi connectivity index (χ1n) is 9.78. The van der Waals surface area contributed by atoms with Crippen LogP contribution in [0.1, 0.15) is 13.8 Å². The van der Waals surface area contributed by atoms with Crippen LogP contribution in [-0.2, 0) is 9.47 Å². The summed E-state index contributed by atoms with van der Waals surface area (Å²) in [5.74, 6) is 2.80. The quantitative estimate of drug-likeness (QED) is 0.678. The summed E-state index contributed by atoms with van der Waals surface area (Å²) in [5, 5.41) is 0. The summed E-state index contributed by atoms with van der Waals surface area (Å²) < 4.78 is 34.1. The van der Waals surface area contributed by atoms with Gasteiger partial charge in [0.2, 0.25) is 0 Å². The van der Waals surface area contributed by atoms with Crippen molar-refractivity contribution in [2.45, 2.75) is 13.8 Å². The lowest BCUT2D eigenvalue weighted by molar-refractivity contribution is 0.0640. The number of hydrogen-bond acceptors (Lipinski definition) is 6. The zero-order valence-electron chi connectivity index (χ0n) is 16.7. The molecule has 6 nitrogen and oxygen atoms in total. The highest BCUT2D eigenvalue weighted by Gasteiger charge is 2.06. The van der Waals surface area contributed by atoms with Gasteiger partial charge in [-0.25, -0.2) is 0 Å². The van der Waals surface area contributed by atoms with Gasteiger partial charge in [-0.1, -0.05) is 38.1 Å². The van der Waals surface area contributed by atoms with E-state index in [1.807, 2.05) is 62.4 Å². The van der Waals surface area contributed by atoms with E-state index < -0.39 is 0 Å². The summed E-state index contributed by atoms with van der Waals surface area (Å²) >= 11 is 0. The molecule has 0 unspecified atom stereocenters. The first-order valence-corrected chi connectivity index (χ1v) is 9.78. The van der Waals surface area contributed by atoms with E-state index in [1.165, 1.54) is 0 Å². The molecule has 0 spiro atoms. The van der Waals surface area contributed by atoms with Crippen molar-refractivity contribution in [1.29, 1.82) is 0 Å². The van der Waals surface area contributed by atoms with Gasteiger partial charge in [0, 0.05) is 0 Å². The number of ether oxygens (including phenoxy) is 6. The zero-order chi connectivity index (χ0) is 19.9. The van der Waals surface area contributed by atoms with Crippen molar-refractivity contribution in [3.05, 3.63) is 48.5 Å². The minimum Gasteiger partial charge on any atom is -0.487 e. The third-order valence-electron chi connectivity index (χ3n) is 3.64. The van der Waals surface area contributed by atoms with Crippen LogP contribution in [0.4, 0.5) is 0 Å². The molecule has 0 aromatic heterocycles. The van der Waals surface area contributed by atoms with Gasteiger partial charge < -0.3 is 28.4 Å². The highest BCUT2D eigenvalue weighted by atomic mass is 16.6. The van der Waals surface area contributed by atoms with E-state index in [-0.39, 0.29) is 0 Å². The van der Waals surface area contributed by atoms with Crippen molar-refractivity contribution in [2.75, 3.05) is 52.9 Å². The SMILES string of the molecule is CC.c1ccc2c(c1)OCCOCCOc1ccccc1OCCOCCO2. The van der Waals surface area contributed by atoms with Crippen LogP contribution >= 0.6 is 0 Å². The van der Waals surface area contributed by atoms with E-state index in [9.17, 15) is 0 Å². The van der Waals surface area contributed by atoms with Gasteiger partial charge in [-0.3, -0.25) is 0 Å². The lowest BCUT2D eigenvalue weighted by Gasteiger charge is -2.15. The number of rotatable bonds is 0. The van der Waals surface area contributed by atoms with Gasteiger partial charge in [0.05, 0.1) is 26.4 Å². The van der Waals surface area contributed by atoms with Crippen molar-refractivity contribution in [2.24, 2.45) is 0 Å². The number of para-hydroxylation sites is 4. The topological polar surface area (TPSA) is 55.4 Å². The van der Waals surface area contributed by atoms with Crippen molar-refractivity contribution in [3.63, 3.8) is 0 Å². The average molecular weight is 390 g/mol. The highest BCUT2D eigenvalue weighted by molar-refractivity contribution is 5.40. The average Bonchev–Trinajstić information content (AvgIpc) is 2.75. The predicted octanol–water partition coefficient (Wildman–Crippen LogP) is 3.98. The standard InChI is InChI=1S/C20H24O6.C2H6/c1-2-6-18-17(5-1)23-13-9-21-11-15-25-19-7-3-4-8-20(19)26-16-12-22-10-14-24-18;1-2/h1-8H,9-16H2;1-2H3. The lowest BCUT2D eigenvalue weighted by Crippen LogP contribution is -2.15. The van der Waals surface area contributed by atoms with Crippen LogP contribution in [0.3, 0.4) is 0 Å². The maximum atomic E-state index is 5.74. The molecule has 0 bridgehead atoms. The van der Waals surface area contributed by atoms with Crippen LogP contribution in [-0.4, -0.2) is 52.9 Å². The third kappa shape index (κ3) is 7.66. The summed E-state index contributed by atoms with van der Waals surface area (Å²) in [7, 11) is 0.